The molecule has 0 spiro atoms. The van der Waals surface area contributed by atoms with Crippen LogP contribution in [-0.4, -0.2) is 18.0 Å². The Morgan fingerprint density at radius 2 is 2.33 bits per heavy atom. The molecule has 0 aliphatic carbocycles. The van der Waals surface area contributed by atoms with Crippen molar-refractivity contribution < 1.29 is 12.3 Å². The Morgan fingerprint density at radius 3 is 2.67 bits per heavy atom. The molecule has 1 unspecified atom stereocenters. The molecule has 3 N–H and O–H groups in total. The first-order valence-electron chi connectivity index (χ1n) is 2.10. The standard InChI is InChI=1S/C2H7INO3PS/c3-7-8(5,9)6-2-1-4/h1-2,4H2,(H,5,9). The number of halogens is 1. The van der Waals surface area contributed by atoms with E-state index in [0.717, 1.165) is 0 Å². The molecular formula is C2H7INO3PS. The Balaban J connectivity index is 3.46. The lowest BCUT2D eigenvalue weighted by atomic mass is 10.8. The first-order chi connectivity index (χ1) is 4.12. The minimum Gasteiger partial charge on any atom is -0.328 e. The van der Waals surface area contributed by atoms with Crippen molar-refractivity contribution in [2.45, 2.75) is 0 Å². The van der Waals surface area contributed by atoms with Crippen LogP contribution in [0.15, 0.2) is 0 Å². The van der Waals surface area contributed by atoms with Gasteiger partial charge in [0.05, 0.1) is 6.61 Å². The van der Waals surface area contributed by atoms with Crippen molar-refractivity contribution in [3.05, 3.63) is 0 Å². The van der Waals surface area contributed by atoms with Crippen LogP contribution in [0.2, 0.25) is 0 Å². The summed E-state index contributed by atoms with van der Waals surface area (Å²) in [6.07, 6.45) is 0. The van der Waals surface area contributed by atoms with E-state index in [4.69, 9.17) is 10.6 Å². The van der Waals surface area contributed by atoms with E-state index in [1.54, 1.807) is 0 Å². The van der Waals surface area contributed by atoms with Gasteiger partial charge in [-0.1, -0.05) is 0 Å². The third kappa shape index (κ3) is 5.65. The summed E-state index contributed by atoms with van der Waals surface area (Å²) in [6.45, 7) is -2.38. The minimum atomic E-state index is -2.95. The molecule has 4 nitrogen and oxygen atoms in total. The highest BCUT2D eigenvalue weighted by Gasteiger charge is 2.11. The van der Waals surface area contributed by atoms with E-state index < -0.39 is 6.72 Å². The fourth-order valence-electron chi connectivity index (χ4n) is 0.188. The lowest BCUT2D eigenvalue weighted by molar-refractivity contribution is 0.281. The second-order valence-electron chi connectivity index (χ2n) is 1.16. The van der Waals surface area contributed by atoms with Crippen molar-refractivity contribution in [1.82, 2.24) is 0 Å². The molecule has 0 aromatic rings. The third-order valence-electron chi connectivity index (χ3n) is 0.459. The zero-order valence-corrected chi connectivity index (χ0v) is 8.36. The van der Waals surface area contributed by atoms with Crippen molar-refractivity contribution in [3.63, 3.8) is 0 Å². The molecule has 0 saturated heterocycles. The second kappa shape index (κ2) is 4.95. The molecule has 0 aliphatic rings. The zero-order valence-electron chi connectivity index (χ0n) is 4.49. The minimum absolute atomic E-state index is 0.233. The number of hydrogen-bond acceptors (Lipinski definition) is 4. The van der Waals surface area contributed by atoms with Crippen LogP contribution in [0.3, 0.4) is 0 Å². The van der Waals surface area contributed by atoms with Gasteiger partial charge in [-0.15, -0.1) is 0 Å². The second-order valence-corrected chi connectivity index (χ2v) is 5.06. The van der Waals surface area contributed by atoms with Gasteiger partial charge in [-0.3, -0.25) is 0 Å². The van der Waals surface area contributed by atoms with E-state index in [0.29, 0.717) is 6.54 Å². The Morgan fingerprint density at radius 1 is 1.78 bits per heavy atom. The summed E-state index contributed by atoms with van der Waals surface area (Å²) in [7, 11) is 0. The summed E-state index contributed by atoms with van der Waals surface area (Å²) >= 11 is 5.97. The molecule has 0 rings (SSSR count). The maximum absolute atomic E-state index is 8.87. The average Bonchev–Trinajstić information content (AvgIpc) is 1.84. The summed E-state index contributed by atoms with van der Waals surface area (Å²) in [5.74, 6) is 0. The maximum Gasteiger partial charge on any atom is 0.334 e. The highest BCUT2D eigenvalue weighted by atomic mass is 127. The van der Waals surface area contributed by atoms with Crippen molar-refractivity contribution in [1.29, 1.82) is 0 Å². The molecule has 0 aromatic carbocycles. The first kappa shape index (κ1) is 10.2. The van der Waals surface area contributed by atoms with Gasteiger partial charge in [0.2, 0.25) is 0 Å². The molecule has 0 aliphatic heterocycles. The molecule has 1 atom stereocenters. The van der Waals surface area contributed by atoms with Crippen LogP contribution < -0.4 is 5.73 Å². The molecule has 0 saturated carbocycles. The van der Waals surface area contributed by atoms with Gasteiger partial charge in [0.1, 0.15) is 23.0 Å². The lowest BCUT2D eigenvalue weighted by Crippen LogP contribution is -2.06. The summed E-state index contributed by atoms with van der Waals surface area (Å²) < 4.78 is 9.07. The molecule has 0 amide bonds. The molecule has 56 valence electrons. The van der Waals surface area contributed by atoms with E-state index >= 15 is 0 Å². The Hall–Kier alpha value is 1.22. The highest BCUT2D eigenvalue weighted by molar-refractivity contribution is 14.1. The maximum atomic E-state index is 8.87. The van der Waals surface area contributed by atoms with Crippen molar-refractivity contribution in [3.8, 4) is 0 Å². The van der Waals surface area contributed by atoms with Crippen LogP contribution in [0, 0.1) is 0 Å². The van der Waals surface area contributed by atoms with Crippen molar-refractivity contribution in [2.75, 3.05) is 13.2 Å². The normalized spacial score (nSPS) is 17.2. The van der Waals surface area contributed by atoms with E-state index in [9.17, 15) is 0 Å². The van der Waals surface area contributed by atoms with Gasteiger partial charge in [0, 0.05) is 6.54 Å². The zero-order chi connectivity index (χ0) is 7.33. The molecule has 0 bridgehead atoms. The summed E-state index contributed by atoms with van der Waals surface area (Å²) in [5.41, 5.74) is 5.07. The predicted octanol–water partition coefficient (Wildman–Crippen LogP) is 0.545. The van der Waals surface area contributed by atoms with E-state index in [-0.39, 0.29) is 6.61 Å². The third-order valence-corrected chi connectivity index (χ3v) is 4.09. The fraction of sp³-hybridized carbons (Fsp3) is 1.00. The van der Waals surface area contributed by atoms with Gasteiger partial charge in [-0.2, -0.15) is 0 Å². The van der Waals surface area contributed by atoms with Gasteiger partial charge in [-0.25, -0.2) is 2.85 Å². The van der Waals surface area contributed by atoms with Crippen LogP contribution in [0.5, 0.6) is 0 Å². The van der Waals surface area contributed by atoms with Gasteiger partial charge in [0.25, 0.3) is 0 Å². The molecule has 0 fully saturated rings. The first-order valence-corrected chi connectivity index (χ1v) is 5.57. The summed E-state index contributed by atoms with van der Waals surface area (Å²) in [6, 6.07) is 0. The smallest absolute Gasteiger partial charge is 0.328 e. The number of rotatable bonds is 4. The van der Waals surface area contributed by atoms with E-state index in [1.165, 1.54) is 23.0 Å². The van der Waals surface area contributed by atoms with Crippen LogP contribution in [0.25, 0.3) is 0 Å². The van der Waals surface area contributed by atoms with Crippen LogP contribution in [0.4, 0.5) is 0 Å². The van der Waals surface area contributed by atoms with Gasteiger partial charge in [0.15, 0.2) is 0 Å². The van der Waals surface area contributed by atoms with E-state index in [2.05, 4.69) is 19.2 Å². The Kier molecular flexibility index (Phi) is 5.62. The molecular weight excluding hydrogens is 276 g/mol. The number of nitrogens with two attached hydrogens (primary N) is 1. The van der Waals surface area contributed by atoms with Gasteiger partial charge < -0.3 is 15.2 Å². The molecule has 0 radical (unpaired) electrons. The Labute approximate surface area is 72.7 Å². The monoisotopic (exact) mass is 283 g/mol. The molecule has 0 aromatic heterocycles. The summed E-state index contributed by atoms with van der Waals surface area (Å²) in [4.78, 5) is 8.87. The van der Waals surface area contributed by atoms with Crippen LogP contribution >= 0.6 is 29.7 Å². The highest BCUT2D eigenvalue weighted by Crippen LogP contribution is 2.45. The average molecular weight is 283 g/mol. The quantitative estimate of drug-likeness (QED) is 0.582. The SMILES string of the molecule is NCCOP(O)(=S)OI. The number of hydrogen-bond donors (Lipinski definition) is 2. The van der Waals surface area contributed by atoms with Gasteiger partial charge in [-0.05, 0) is 11.8 Å². The van der Waals surface area contributed by atoms with Crippen molar-refractivity contribution in [2.24, 2.45) is 5.73 Å². The molecule has 9 heavy (non-hydrogen) atoms. The van der Waals surface area contributed by atoms with Crippen LogP contribution in [0.1, 0.15) is 0 Å². The van der Waals surface area contributed by atoms with Gasteiger partial charge >= 0.3 is 6.72 Å². The van der Waals surface area contributed by atoms with Crippen molar-refractivity contribution >= 4 is 41.5 Å². The topological polar surface area (TPSA) is 64.7 Å². The van der Waals surface area contributed by atoms with Crippen LogP contribution in [-0.2, 0) is 19.2 Å². The predicted molar refractivity (Wildman–Crippen MR) is 46.6 cm³/mol. The molecule has 7 heteroatoms. The fourth-order valence-corrected chi connectivity index (χ4v) is 1.13. The largest absolute Gasteiger partial charge is 0.334 e. The lowest BCUT2D eigenvalue weighted by Gasteiger charge is -2.09. The Bertz CT molecular complexity index is 122. The molecule has 0 heterocycles. The van der Waals surface area contributed by atoms with E-state index in [1.807, 2.05) is 0 Å². The summed E-state index contributed by atoms with van der Waals surface area (Å²) in [5, 5.41) is 0.